The summed E-state index contributed by atoms with van der Waals surface area (Å²) in [4.78, 5) is 32.8. The molecule has 1 aliphatic rings. The fourth-order valence-corrected chi connectivity index (χ4v) is 4.38. The lowest BCUT2D eigenvalue weighted by Crippen LogP contribution is -2.49. The van der Waals surface area contributed by atoms with Crippen LogP contribution in [0.5, 0.6) is 0 Å². The molecule has 2 aromatic rings. The number of fused-ring (bicyclic) bond motifs is 1. The van der Waals surface area contributed by atoms with Gasteiger partial charge in [0.15, 0.2) is 0 Å². The zero-order chi connectivity index (χ0) is 25.3. The average molecular weight is 504 g/mol. The van der Waals surface area contributed by atoms with Crippen molar-refractivity contribution >= 4 is 44.8 Å². The van der Waals surface area contributed by atoms with Gasteiger partial charge >= 0.3 is 0 Å². The van der Waals surface area contributed by atoms with Gasteiger partial charge < -0.3 is 4.90 Å². The molecule has 2 amide bonds. The second kappa shape index (κ2) is 9.88. The molecule has 34 heavy (non-hydrogen) atoms. The molecular formula is C25H30ClN3O4S. The van der Waals surface area contributed by atoms with E-state index in [1.54, 1.807) is 18.2 Å². The third kappa shape index (κ3) is 5.33. The van der Waals surface area contributed by atoms with E-state index in [0.717, 1.165) is 5.56 Å². The van der Waals surface area contributed by atoms with Crippen molar-refractivity contribution in [1.29, 1.82) is 0 Å². The number of carbonyl (C=O) groups is 2. The van der Waals surface area contributed by atoms with Gasteiger partial charge in [0.25, 0.3) is 11.8 Å². The Kier molecular flexibility index (Phi) is 7.53. The number of rotatable bonds is 6. The number of hydrogen-bond donors (Lipinski definition) is 1. The van der Waals surface area contributed by atoms with Gasteiger partial charge in [0.2, 0.25) is 10.0 Å². The Morgan fingerprint density at radius 1 is 1.18 bits per heavy atom. The molecule has 1 aliphatic heterocycles. The van der Waals surface area contributed by atoms with Crippen LogP contribution in [0.1, 0.15) is 52.2 Å². The van der Waals surface area contributed by atoms with Crippen molar-refractivity contribution in [2.75, 3.05) is 11.4 Å². The monoisotopic (exact) mass is 503 g/mol. The van der Waals surface area contributed by atoms with Gasteiger partial charge in [-0.05, 0) is 44.9 Å². The topological polar surface area (TPSA) is 95.9 Å². The molecular weight excluding hydrogens is 474 g/mol. The minimum absolute atomic E-state index is 0.111. The first-order valence-electron chi connectivity index (χ1n) is 11.2. The van der Waals surface area contributed by atoms with Crippen LogP contribution in [0, 0.1) is 5.92 Å². The maximum Gasteiger partial charge on any atom is 0.253 e. The largest absolute Gasteiger partial charge is 0.300 e. The number of benzene rings is 2. The number of nitrogens with zero attached hydrogens (tertiary/aromatic N) is 2. The van der Waals surface area contributed by atoms with E-state index in [-0.39, 0.29) is 11.8 Å². The highest BCUT2D eigenvalue weighted by molar-refractivity contribution is 7.91. The standard InChI is InChI=1S/C25H30ClN3O4S/c1-6-16(2)22-24(31)29(15-21(30)28-34(32,33)25(3,4)5)20-13-12-18(26)14-19(20)23(27-22)17-10-8-7-9-11-17/h7-14,16,22H,6,15H2,1-5H3,(H,28,30)/t16-,22?/m0/s1. The summed E-state index contributed by atoms with van der Waals surface area (Å²) in [5.74, 6) is -1.28. The van der Waals surface area contributed by atoms with Gasteiger partial charge in [-0.15, -0.1) is 0 Å². The Morgan fingerprint density at radius 2 is 1.82 bits per heavy atom. The summed E-state index contributed by atoms with van der Waals surface area (Å²) in [6, 6.07) is 13.7. The average Bonchev–Trinajstić information content (AvgIpc) is 2.87. The van der Waals surface area contributed by atoms with Crippen LogP contribution in [0.25, 0.3) is 0 Å². The zero-order valence-electron chi connectivity index (χ0n) is 20.0. The van der Waals surface area contributed by atoms with Crippen molar-refractivity contribution in [1.82, 2.24) is 4.72 Å². The van der Waals surface area contributed by atoms with Crippen LogP contribution >= 0.6 is 11.6 Å². The first-order chi connectivity index (χ1) is 15.9. The zero-order valence-corrected chi connectivity index (χ0v) is 21.6. The molecule has 1 N–H and O–H groups in total. The van der Waals surface area contributed by atoms with Crippen LogP contribution in [-0.2, 0) is 19.6 Å². The lowest BCUT2D eigenvalue weighted by Gasteiger charge is -2.27. The molecule has 2 atom stereocenters. The molecule has 0 bridgehead atoms. The van der Waals surface area contributed by atoms with Crippen LogP contribution in [0.3, 0.4) is 0 Å². The van der Waals surface area contributed by atoms with Crippen molar-refractivity contribution in [3.05, 3.63) is 64.7 Å². The highest BCUT2D eigenvalue weighted by Crippen LogP contribution is 2.33. The molecule has 0 aliphatic carbocycles. The molecule has 7 nitrogen and oxygen atoms in total. The minimum Gasteiger partial charge on any atom is -0.300 e. The van der Waals surface area contributed by atoms with Crippen LogP contribution in [0.2, 0.25) is 5.02 Å². The number of anilines is 1. The van der Waals surface area contributed by atoms with Gasteiger partial charge in [-0.3, -0.25) is 19.3 Å². The molecule has 0 spiro atoms. The summed E-state index contributed by atoms with van der Waals surface area (Å²) >= 11 is 6.32. The minimum atomic E-state index is -3.93. The van der Waals surface area contributed by atoms with E-state index < -0.39 is 33.3 Å². The Morgan fingerprint density at radius 3 is 2.41 bits per heavy atom. The molecule has 3 rings (SSSR count). The summed E-state index contributed by atoms with van der Waals surface area (Å²) in [6.07, 6.45) is 0.692. The number of hydrogen-bond acceptors (Lipinski definition) is 5. The van der Waals surface area contributed by atoms with Gasteiger partial charge in [0.1, 0.15) is 12.6 Å². The van der Waals surface area contributed by atoms with Gasteiger partial charge in [-0.2, -0.15) is 0 Å². The number of aliphatic imine (C=N–C) groups is 1. The van der Waals surface area contributed by atoms with Crippen LogP contribution in [0.4, 0.5) is 5.69 Å². The van der Waals surface area contributed by atoms with Crippen molar-refractivity contribution in [2.45, 2.75) is 51.8 Å². The second-order valence-corrected chi connectivity index (χ2v) is 12.3. The van der Waals surface area contributed by atoms with Crippen molar-refractivity contribution in [3.63, 3.8) is 0 Å². The summed E-state index contributed by atoms with van der Waals surface area (Å²) in [6.45, 7) is 7.92. The third-order valence-electron chi connectivity index (χ3n) is 5.88. The molecule has 0 radical (unpaired) electrons. The molecule has 9 heteroatoms. The van der Waals surface area contributed by atoms with Crippen molar-refractivity contribution in [3.8, 4) is 0 Å². The first-order valence-corrected chi connectivity index (χ1v) is 13.0. The van der Waals surface area contributed by atoms with Crippen molar-refractivity contribution < 1.29 is 18.0 Å². The normalized spacial score (nSPS) is 17.5. The number of halogens is 1. The Labute approximate surface area is 206 Å². The molecule has 0 saturated carbocycles. The molecule has 182 valence electrons. The lowest BCUT2D eigenvalue weighted by molar-refractivity contribution is -0.124. The van der Waals surface area contributed by atoms with Gasteiger partial charge in [0, 0.05) is 16.1 Å². The van der Waals surface area contributed by atoms with E-state index in [1.807, 2.05) is 44.2 Å². The van der Waals surface area contributed by atoms with E-state index >= 15 is 0 Å². The molecule has 1 unspecified atom stereocenters. The van der Waals surface area contributed by atoms with Crippen LogP contribution in [-0.4, -0.2) is 43.3 Å². The first kappa shape index (κ1) is 25.9. The Balaban J connectivity index is 2.13. The second-order valence-electron chi connectivity index (χ2n) is 9.40. The summed E-state index contributed by atoms with van der Waals surface area (Å²) < 4.78 is 26.0. The maximum absolute atomic E-state index is 13.7. The summed E-state index contributed by atoms with van der Waals surface area (Å²) in [7, 11) is -3.93. The van der Waals surface area contributed by atoms with E-state index in [9.17, 15) is 18.0 Å². The Hall–Kier alpha value is -2.71. The predicted molar refractivity (Wildman–Crippen MR) is 136 cm³/mol. The van der Waals surface area contributed by atoms with E-state index in [0.29, 0.717) is 28.4 Å². The number of amides is 2. The fourth-order valence-electron chi connectivity index (χ4n) is 3.54. The highest BCUT2D eigenvalue weighted by atomic mass is 35.5. The SMILES string of the molecule is CC[C@H](C)C1N=C(c2ccccc2)c2cc(Cl)ccc2N(CC(=O)NS(=O)(=O)C(C)(C)C)C1=O. The van der Waals surface area contributed by atoms with Crippen LogP contribution in [0.15, 0.2) is 53.5 Å². The molecule has 2 aromatic carbocycles. The fraction of sp³-hybridized carbons (Fsp3) is 0.400. The van der Waals surface area contributed by atoms with E-state index in [4.69, 9.17) is 16.6 Å². The third-order valence-corrected chi connectivity index (χ3v) is 8.22. The molecule has 1 heterocycles. The predicted octanol–water partition coefficient (Wildman–Crippen LogP) is 4.18. The Bertz CT molecular complexity index is 1220. The van der Waals surface area contributed by atoms with Gasteiger partial charge in [-0.1, -0.05) is 62.2 Å². The van der Waals surface area contributed by atoms with Crippen molar-refractivity contribution in [2.24, 2.45) is 10.9 Å². The molecule has 0 saturated heterocycles. The lowest BCUT2D eigenvalue weighted by atomic mass is 9.98. The van der Waals surface area contributed by atoms with Crippen LogP contribution < -0.4 is 9.62 Å². The molecule has 0 fully saturated rings. The van der Waals surface area contributed by atoms with Gasteiger partial charge in [-0.25, -0.2) is 8.42 Å². The molecule has 0 aromatic heterocycles. The van der Waals surface area contributed by atoms with E-state index in [2.05, 4.69) is 4.72 Å². The quantitative estimate of drug-likeness (QED) is 0.639. The number of carbonyl (C=O) groups excluding carboxylic acids is 2. The smallest absolute Gasteiger partial charge is 0.253 e. The van der Waals surface area contributed by atoms with E-state index in [1.165, 1.54) is 25.7 Å². The number of sulfonamides is 1. The summed E-state index contributed by atoms with van der Waals surface area (Å²) in [5, 5.41) is 0.455. The maximum atomic E-state index is 13.7. The van der Waals surface area contributed by atoms with Gasteiger partial charge in [0.05, 0.1) is 16.1 Å². The number of benzodiazepines with no additional fused rings is 1. The number of nitrogens with one attached hydrogen (secondary N) is 1. The summed E-state index contributed by atoms with van der Waals surface area (Å²) in [5.41, 5.74) is 2.46. The highest BCUT2D eigenvalue weighted by Gasteiger charge is 2.37.